The number of halogens is 1. The summed E-state index contributed by atoms with van der Waals surface area (Å²) in [6.07, 6.45) is 0. The van der Waals surface area contributed by atoms with E-state index in [-0.39, 0.29) is 29.6 Å². The second-order valence-electron chi connectivity index (χ2n) is 1.36. The zero-order chi connectivity index (χ0) is 7.44. The van der Waals surface area contributed by atoms with Gasteiger partial charge < -0.3 is 9.84 Å². The van der Waals surface area contributed by atoms with Crippen molar-refractivity contribution < 1.29 is 48.6 Å². The standard InChI is InChI=1S/C5H7FO3.Na/c1-3(7)4(6)5(8)9-2;/h8H,1-2H3;/q;+1/p-1/b5-4-;. The summed E-state index contributed by atoms with van der Waals surface area (Å²) in [5.41, 5.74) is 0. The Balaban J connectivity index is 0. The molecule has 0 atom stereocenters. The normalized spacial score (nSPS) is 11.1. The molecule has 52 valence electrons. The van der Waals surface area contributed by atoms with Crippen LogP contribution in [0.5, 0.6) is 0 Å². The van der Waals surface area contributed by atoms with Crippen LogP contribution in [0.4, 0.5) is 4.39 Å². The van der Waals surface area contributed by atoms with Crippen LogP contribution in [0.25, 0.3) is 0 Å². The minimum atomic E-state index is -1.36. The van der Waals surface area contributed by atoms with E-state index in [4.69, 9.17) is 0 Å². The fraction of sp³-hybridized carbons (Fsp3) is 0.400. The van der Waals surface area contributed by atoms with E-state index in [1.807, 2.05) is 0 Å². The molecule has 10 heavy (non-hydrogen) atoms. The Hall–Kier alpha value is -0.0600. The predicted octanol–water partition coefficient (Wildman–Crippen LogP) is -3.28. The average Bonchev–Trinajstić information content (AvgIpc) is 1.84. The van der Waals surface area contributed by atoms with Gasteiger partial charge in [0.1, 0.15) is 0 Å². The quantitative estimate of drug-likeness (QED) is 0.239. The largest absolute Gasteiger partial charge is 1.00 e. The first-order valence-corrected chi connectivity index (χ1v) is 2.21. The summed E-state index contributed by atoms with van der Waals surface area (Å²) >= 11 is 0. The smallest absolute Gasteiger partial charge is 0.615 e. The first-order chi connectivity index (χ1) is 4.09. The van der Waals surface area contributed by atoms with Gasteiger partial charge in [-0.2, -0.15) is 0 Å². The van der Waals surface area contributed by atoms with E-state index in [2.05, 4.69) is 4.74 Å². The van der Waals surface area contributed by atoms with Crippen molar-refractivity contribution in [3.8, 4) is 0 Å². The van der Waals surface area contributed by atoms with Crippen LogP contribution in [-0.4, -0.2) is 12.9 Å². The maximum Gasteiger partial charge on any atom is 1.00 e. The zero-order valence-corrected chi connectivity index (χ0v) is 8.10. The van der Waals surface area contributed by atoms with Gasteiger partial charge in [0.25, 0.3) is 0 Å². The van der Waals surface area contributed by atoms with Crippen LogP contribution >= 0.6 is 0 Å². The minimum absolute atomic E-state index is 0. The summed E-state index contributed by atoms with van der Waals surface area (Å²) in [5.74, 6) is -3.50. The third kappa shape index (κ3) is 3.87. The monoisotopic (exact) mass is 156 g/mol. The van der Waals surface area contributed by atoms with Gasteiger partial charge in [0.2, 0.25) is 0 Å². The first-order valence-electron chi connectivity index (χ1n) is 2.21. The van der Waals surface area contributed by atoms with E-state index in [0.717, 1.165) is 14.0 Å². The van der Waals surface area contributed by atoms with Gasteiger partial charge in [-0.15, -0.1) is 0 Å². The van der Waals surface area contributed by atoms with Crippen molar-refractivity contribution in [3.05, 3.63) is 11.8 Å². The topological polar surface area (TPSA) is 49.4 Å². The van der Waals surface area contributed by atoms with Crippen molar-refractivity contribution >= 4 is 5.78 Å². The number of carbonyl (C=O) groups is 1. The molecule has 0 fully saturated rings. The number of carbonyl (C=O) groups excluding carboxylic acids is 1. The van der Waals surface area contributed by atoms with Crippen LogP contribution in [0.15, 0.2) is 11.8 Å². The van der Waals surface area contributed by atoms with Crippen LogP contribution in [0.3, 0.4) is 0 Å². The van der Waals surface area contributed by atoms with Gasteiger partial charge in [0.15, 0.2) is 11.6 Å². The minimum Gasteiger partial charge on any atom is -0.615 e. The van der Waals surface area contributed by atoms with E-state index in [1.54, 1.807) is 0 Å². The van der Waals surface area contributed by atoms with Crippen molar-refractivity contribution in [2.45, 2.75) is 6.92 Å². The second-order valence-corrected chi connectivity index (χ2v) is 1.36. The molecule has 0 rings (SSSR count). The Bertz CT molecular complexity index is 155. The zero-order valence-electron chi connectivity index (χ0n) is 6.10. The fourth-order valence-electron chi connectivity index (χ4n) is 0.233. The molecule has 0 aromatic rings. The van der Waals surface area contributed by atoms with E-state index in [9.17, 15) is 14.3 Å². The number of methoxy groups -OCH3 is 1. The van der Waals surface area contributed by atoms with Gasteiger partial charge in [-0.25, -0.2) is 4.39 Å². The molecule has 0 bridgehead atoms. The Morgan fingerprint density at radius 3 is 2.10 bits per heavy atom. The number of rotatable bonds is 2. The summed E-state index contributed by atoms with van der Waals surface area (Å²) in [6.45, 7) is 0.951. The third-order valence-electron chi connectivity index (χ3n) is 0.674. The first kappa shape index (κ1) is 12.6. The van der Waals surface area contributed by atoms with Crippen molar-refractivity contribution in [3.63, 3.8) is 0 Å². The number of ether oxygens (including phenoxy) is 1. The van der Waals surface area contributed by atoms with Crippen LogP contribution in [0, 0.1) is 0 Å². The summed E-state index contributed by atoms with van der Waals surface area (Å²) in [4.78, 5) is 10.0. The van der Waals surface area contributed by atoms with Crippen molar-refractivity contribution in [2.24, 2.45) is 0 Å². The fourth-order valence-corrected chi connectivity index (χ4v) is 0.233. The molecular weight excluding hydrogens is 150 g/mol. The molecule has 0 N–H and O–H groups in total. The van der Waals surface area contributed by atoms with E-state index >= 15 is 0 Å². The maximum absolute atomic E-state index is 12.0. The van der Waals surface area contributed by atoms with Gasteiger partial charge in [-0.05, 0) is 7.11 Å². The van der Waals surface area contributed by atoms with Gasteiger partial charge in [0.05, 0.1) is 5.95 Å². The van der Waals surface area contributed by atoms with Gasteiger partial charge in [-0.1, -0.05) is 0 Å². The molecule has 0 aromatic heterocycles. The molecule has 0 unspecified atom stereocenters. The molecule has 5 heteroatoms. The molecule has 0 aliphatic heterocycles. The molecule has 0 saturated carbocycles. The number of Topliss-reactive ketones (excluding diaryl/α,β-unsaturated/α-hetero) is 1. The van der Waals surface area contributed by atoms with Gasteiger partial charge in [0, 0.05) is 6.92 Å². The van der Waals surface area contributed by atoms with E-state index in [1.165, 1.54) is 0 Å². The molecular formula is C5H6FNaO3. The van der Waals surface area contributed by atoms with Crippen LogP contribution < -0.4 is 34.7 Å². The molecule has 0 heterocycles. The Kier molecular flexibility index (Phi) is 7.19. The van der Waals surface area contributed by atoms with Crippen molar-refractivity contribution in [2.75, 3.05) is 7.11 Å². The molecule has 0 radical (unpaired) electrons. The van der Waals surface area contributed by atoms with Crippen molar-refractivity contribution in [1.29, 1.82) is 0 Å². The Morgan fingerprint density at radius 2 is 2.00 bits per heavy atom. The Labute approximate surface area is 80.2 Å². The molecule has 3 nitrogen and oxygen atoms in total. The third-order valence-corrected chi connectivity index (χ3v) is 0.674. The van der Waals surface area contributed by atoms with Crippen molar-refractivity contribution in [1.82, 2.24) is 0 Å². The molecule has 0 amide bonds. The second kappa shape index (κ2) is 5.70. The van der Waals surface area contributed by atoms with Crippen LogP contribution in [0.1, 0.15) is 6.92 Å². The SMILES string of the molecule is CO/C([O-])=C(\F)C(C)=O.[Na+]. The summed E-state index contributed by atoms with van der Waals surface area (Å²) in [7, 11) is 1.00. The van der Waals surface area contributed by atoms with E-state index in [0.29, 0.717) is 0 Å². The van der Waals surface area contributed by atoms with Gasteiger partial charge >= 0.3 is 29.6 Å². The number of hydrogen-bond acceptors (Lipinski definition) is 3. The molecule has 0 spiro atoms. The predicted molar refractivity (Wildman–Crippen MR) is 25.8 cm³/mol. The molecule has 0 aromatic carbocycles. The number of allylic oxidation sites excluding steroid dienone is 1. The molecule has 0 aliphatic carbocycles. The Morgan fingerprint density at radius 1 is 1.60 bits per heavy atom. The summed E-state index contributed by atoms with van der Waals surface area (Å²) in [6, 6.07) is 0. The summed E-state index contributed by atoms with van der Waals surface area (Å²) < 4.78 is 15.9. The number of ketones is 1. The van der Waals surface area contributed by atoms with Crippen LogP contribution in [0.2, 0.25) is 0 Å². The summed E-state index contributed by atoms with van der Waals surface area (Å²) in [5, 5.41) is 10.1. The van der Waals surface area contributed by atoms with Crippen LogP contribution in [-0.2, 0) is 9.53 Å². The maximum atomic E-state index is 12.0. The number of hydrogen-bond donors (Lipinski definition) is 0. The molecule has 0 saturated heterocycles. The average molecular weight is 156 g/mol. The van der Waals surface area contributed by atoms with Gasteiger partial charge in [-0.3, -0.25) is 4.79 Å². The van der Waals surface area contributed by atoms with E-state index < -0.39 is 17.6 Å². The molecule has 0 aliphatic rings.